The van der Waals surface area contributed by atoms with Gasteiger partial charge < -0.3 is 14.8 Å². The van der Waals surface area contributed by atoms with E-state index in [1.165, 1.54) is 12.1 Å². The van der Waals surface area contributed by atoms with Crippen LogP contribution in [0.1, 0.15) is 22.3 Å². The quantitative estimate of drug-likeness (QED) is 0.923. The molecule has 5 heteroatoms. The highest BCUT2D eigenvalue weighted by Gasteiger charge is 2.18. The summed E-state index contributed by atoms with van der Waals surface area (Å²) in [4.78, 5) is 12.4. The van der Waals surface area contributed by atoms with Gasteiger partial charge in [0.15, 0.2) is 11.5 Å². The lowest BCUT2D eigenvalue weighted by Crippen LogP contribution is -2.14. The molecule has 1 amide bonds. The van der Waals surface area contributed by atoms with Gasteiger partial charge in [-0.2, -0.15) is 0 Å². The molecule has 2 aromatic rings. The summed E-state index contributed by atoms with van der Waals surface area (Å²) in [6.07, 6.45) is 0.796. The minimum absolute atomic E-state index is 0.152. The van der Waals surface area contributed by atoms with Crippen molar-refractivity contribution < 1.29 is 18.7 Å². The van der Waals surface area contributed by atoms with Crippen LogP contribution in [0.4, 0.5) is 10.1 Å². The Bertz CT molecular complexity index is 715. The Morgan fingerprint density at radius 2 is 1.82 bits per heavy atom. The van der Waals surface area contributed by atoms with Crippen molar-refractivity contribution in [2.45, 2.75) is 13.3 Å². The number of fused-ring (bicyclic) bond motifs is 1. The maximum Gasteiger partial charge on any atom is 0.256 e. The van der Waals surface area contributed by atoms with Gasteiger partial charge in [-0.3, -0.25) is 4.79 Å². The molecule has 0 radical (unpaired) electrons. The van der Waals surface area contributed by atoms with Crippen molar-refractivity contribution in [2.24, 2.45) is 0 Å². The van der Waals surface area contributed by atoms with Crippen LogP contribution in [0.25, 0.3) is 0 Å². The molecular formula is C17H16FNO3. The highest BCUT2D eigenvalue weighted by atomic mass is 19.1. The molecule has 0 atom stereocenters. The van der Waals surface area contributed by atoms with Gasteiger partial charge in [0.05, 0.1) is 18.9 Å². The van der Waals surface area contributed by atoms with Gasteiger partial charge in [-0.1, -0.05) is 12.1 Å². The molecule has 0 saturated heterocycles. The molecule has 0 bridgehead atoms. The molecule has 0 fully saturated rings. The molecule has 0 aliphatic carbocycles. The van der Waals surface area contributed by atoms with E-state index in [4.69, 9.17) is 9.47 Å². The number of anilines is 1. The van der Waals surface area contributed by atoms with Gasteiger partial charge in [0.1, 0.15) is 5.82 Å². The number of rotatable bonds is 2. The summed E-state index contributed by atoms with van der Waals surface area (Å²) < 4.78 is 24.8. The van der Waals surface area contributed by atoms with E-state index < -0.39 is 5.82 Å². The van der Waals surface area contributed by atoms with Crippen LogP contribution in [0.3, 0.4) is 0 Å². The molecule has 4 nitrogen and oxygen atoms in total. The maximum atomic E-state index is 13.6. The molecule has 1 aliphatic rings. The highest BCUT2D eigenvalue weighted by Crippen LogP contribution is 2.33. The van der Waals surface area contributed by atoms with E-state index in [9.17, 15) is 9.18 Å². The lowest BCUT2D eigenvalue weighted by molar-refractivity contribution is 0.102. The van der Waals surface area contributed by atoms with Crippen molar-refractivity contribution in [1.82, 2.24) is 0 Å². The molecule has 114 valence electrons. The van der Waals surface area contributed by atoms with Crippen LogP contribution in [-0.4, -0.2) is 19.1 Å². The highest BCUT2D eigenvalue weighted by molar-refractivity contribution is 6.05. The molecular weight excluding hydrogens is 285 g/mol. The molecule has 2 aromatic carbocycles. The van der Waals surface area contributed by atoms with Gasteiger partial charge in [-0.15, -0.1) is 0 Å². The summed E-state index contributed by atoms with van der Waals surface area (Å²) in [5.74, 6) is 0.334. The molecule has 1 heterocycles. The monoisotopic (exact) mass is 301 g/mol. The van der Waals surface area contributed by atoms with E-state index in [1.54, 1.807) is 24.3 Å². The van der Waals surface area contributed by atoms with Crippen LogP contribution in [0.2, 0.25) is 0 Å². The SMILES string of the molecule is Cc1cc2c(cc1C(=O)Nc1ccccc1F)OCCCO2. The Hall–Kier alpha value is -2.56. The summed E-state index contributed by atoms with van der Waals surface area (Å²) in [7, 11) is 0. The number of carbonyl (C=O) groups excluding carboxylic acids is 1. The fourth-order valence-corrected chi connectivity index (χ4v) is 2.31. The van der Waals surface area contributed by atoms with Crippen LogP contribution in [-0.2, 0) is 0 Å². The topological polar surface area (TPSA) is 47.6 Å². The summed E-state index contributed by atoms with van der Waals surface area (Å²) in [6, 6.07) is 9.48. The number of benzene rings is 2. The zero-order valence-corrected chi connectivity index (χ0v) is 12.2. The Morgan fingerprint density at radius 1 is 1.14 bits per heavy atom. The average Bonchev–Trinajstić information content (AvgIpc) is 2.73. The fourth-order valence-electron chi connectivity index (χ4n) is 2.31. The zero-order valence-electron chi connectivity index (χ0n) is 12.2. The zero-order chi connectivity index (χ0) is 15.5. The molecule has 0 unspecified atom stereocenters. The van der Waals surface area contributed by atoms with Crippen LogP contribution >= 0.6 is 0 Å². The summed E-state index contributed by atoms with van der Waals surface area (Å²) in [5, 5.41) is 2.58. The second-order valence-electron chi connectivity index (χ2n) is 5.10. The van der Waals surface area contributed by atoms with Crippen LogP contribution < -0.4 is 14.8 Å². The average molecular weight is 301 g/mol. The van der Waals surface area contributed by atoms with Crippen LogP contribution in [0, 0.1) is 12.7 Å². The number of amides is 1. The van der Waals surface area contributed by atoms with E-state index in [0.29, 0.717) is 30.3 Å². The smallest absolute Gasteiger partial charge is 0.256 e. The number of hydrogen-bond acceptors (Lipinski definition) is 3. The van der Waals surface area contributed by atoms with E-state index in [1.807, 2.05) is 6.92 Å². The first-order valence-corrected chi connectivity index (χ1v) is 7.11. The normalized spacial score (nSPS) is 13.4. The molecule has 0 saturated carbocycles. The van der Waals surface area contributed by atoms with Crippen molar-refractivity contribution in [3.63, 3.8) is 0 Å². The molecule has 0 spiro atoms. The minimum Gasteiger partial charge on any atom is -0.490 e. The lowest BCUT2D eigenvalue weighted by Gasteiger charge is -2.13. The van der Waals surface area contributed by atoms with Crippen molar-refractivity contribution in [3.05, 3.63) is 53.3 Å². The molecule has 3 rings (SSSR count). The molecule has 0 aromatic heterocycles. The summed E-state index contributed by atoms with van der Waals surface area (Å²) >= 11 is 0. The second-order valence-corrected chi connectivity index (χ2v) is 5.10. The first-order valence-electron chi connectivity index (χ1n) is 7.11. The van der Waals surface area contributed by atoms with Gasteiger partial charge in [0.25, 0.3) is 5.91 Å². The molecule has 22 heavy (non-hydrogen) atoms. The van der Waals surface area contributed by atoms with E-state index >= 15 is 0 Å². The minimum atomic E-state index is -0.470. The van der Waals surface area contributed by atoms with E-state index in [0.717, 1.165) is 12.0 Å². The first-order chi connectivity index (χ1) is 10.6. The number of hydrogen-bond donors (Lipinski definition) is 1. The molecule has 1 N–H and O–H groups in total. The number of nitrogens with one attached hydrogen (secondary N) is 1. The van der Waals surface area contributed by atoms with E-state index in [-0.39, 0.29) is 11.6 Å². The third-order valence-corrected chi connectivity index (χ3v) is 3.46. The van der Waals surface area contributed by atoms with Crippen molar-refractivity contribution in [3.8, 4) is 11.5 Å². The summed E-state index contributed by atoms with van der Waals surface area (Å²) in [6.45, 7) is 2.95. The number of carbonyl (C=O) groups is 1. The number of para-hydroxylation sites is 1. The van der Waals surface area contributed by atoms with Crippen molar-refractivity contribution in [2.75, 3.05) is 18.5 Å². The third-order valence-electron chi connectivity index (χ3n) is 3.46. The summed E-state index contributed by atoms with van der Waals surface area (Å²) in [5.41, 5.74) is 1.34. The Kier molecular flexibility index (Phi) is 3.96. The van der Waals surface area contributed by atoms with Gasteiger partial charge in [-0.05, 0) is 36.8 Å². The Morgan fingerprint density at radius 3 is 2.55 bits per heavy atom. The largest absolute Gasteiger partial charge is 0.490 e. The van der Waals surface area contributed by atoms with Crippen LogP contribution in [0.15, 0.2) is 36.4 Å². The maximum absolute atomic E-state index is 13.6. The van der Waals surface area contributed by atoms with Crippen LogP contribution in [0.5, 0.6) is 11.5 Å². The number of aryl methyl sites for hydroxylation is 1. The predicted octanol–water partition coefficient (Wildman–Crippen LogP) is 3.55. The van der Waals surface area contributed by atoms with Gasteiger partial charge in [0, 0.05) is 12.0 Å². The number of ether oxygens (including phenoxy) is 2. The van der Waals surface area contributed by atoms with Crippen molar-refractivity contribution in [1.29, 1.82) is 0 Å². The van der Waals surface area contributed by atoms with Gasteiger partial charge in [0.2, 0.25) is 0 Å². The third kappa shape index (κ3) is 2.88. The first kappa shape index (κ1) is 14.4. The molecule has 1 aliphatic heterocycles. The Labute approximate surface area is 127 Å². The number of halogens is 1. The lowest BCUT2D eigenvalue weighted by atomic mass is 10.1. The van der Waals surface area contributed by atoms with Gasteiger partial charge in [-0.25, -0.2) is 4.39 Å². The Balaban J connectivity index is 1.89. The predicted molar refractivity (Wildman–Crippen MR) is 81.1 cm³/mol. The second kappa shape index (κ2) is 6.05. The standard InChI is InChI=1S/C17H16FNO3/c1-11-9-15-16(22-8-4-7-21-15)10-12(11)17(20)19-14-6-3-2-5-13(14)18/h2-3,5-6,9-10H,4,7-8H2,1H3,(H,19,20). The van der Waals surface area contributed by atoms with Crippen molar-refractivity contribution >= 4 is 11.6 Å². The van der Waals surface area contributed by atoms with E-state index in [2.05, 4.69) is 5.32 Å². The fraction of sp³-hybridized carbons (Fsp3) is 0.235. The van der Waals surface area contributed by atoms with Gasteiger partial charge >= 0.3 is 0 Å².